The van der Waals surface area contributed by atoms with Gasteiger partial charge in [-0.05, 0) is 25.1 Å². The fraction of sp³-hybridized carbons (Fsp3) is 0.308. The van der Waals surface area contributed by atoms with Crippen molar-refractivity contribution in [2.75, 3.05) is 14.2 Å². The summed E-state index contributed by atoms with van der Waals surface area (Å²) in [5, 5.41) is 6.76. The molecule has 1 heterocycles. The quantitative estimate of drug-likeness (QED) is 0.901. The highest BCUT2D eigenvalue weighted by molar-refractivity contribution is 5.94. The van der Waals surface area contributed by atoms with Crippen molar-refractivity contribution in [3.05, 3.63) is 41.5 Å². The normalized spacial score (nSPS) is 10.3. The molecule has 1 aromatic carbocycles. The standard InChI is InChI=1S/C13H16N4O2/c1-9-14-12(16-15-9)8-17(2)13(18)10-5-4-6-11(7-10)19-3/h4-7H,8H2,1-3H3,(H,14,15,16). The fourth-order valence-corrected chi connectivity index (χ4v) is 1.72. The molecule has 0 fully saturated rings. The van der Waals surface area contributed by atoms with Gasteiger partial charge in [-0.1, -0.05) is 6.07 Å². The molecule has 0 atom stereocenters. The van der Waals surface area contributed by atoms with Gasteiger partial charge in [0.1, 0.15) is 11.6 Å². The van der Waals surface area contributed by atoms with E-state index in [2.05, 4.69) is 15.2 Å². The molecule has 0 unspecified atom stereocenters. The van der Waals surface area contributed by atoms with Crippen LogP contribution < -0.4 is 4.74 Å². The molecule has 2 aromatic rings. The van der Waals surface area contributed by atoms with Crippen LogP contribution in [-0.2, 0) is 6.54 Å². The summed E-state index contributed by atoms with van der Waals surface area (Å²) in [6, 6.07) is 7.05. The summed E-state index contributed by atoms with van der Waals surface area (Å²) in [5.41, 5.74) is 0.578. The molecule has 6 heteroatoms. The van der Waals surface area contributed by atoms with E-state index < -0.39 is 0 Å². The van der Waals surface area contributed by atoms with Crippen LogP contribution in [0.2, 0.25) is 0 Å². The summed E-state index contributed by atoms with van der Waals surface area (Å²) >= 11 is 0. The minimum Gasteiger partial charge on any atom is -0.497 e. The molecule has 0 aliphatic rings. The number of amides is 1. The van der Waals surface area contributed by atoms with Crippen LogP contribution in [-0.4, -0.2) is 40.1 Å². The summed E-state index contributed by atoms with van der Waals surface area (Å²) in [6.07, 6.45) is 0. The van der Waals surface area contributed by atoms with Gasteiger partial charge < -0.3 is 9.64 Å². The van der Waals surface area contributed by atoms with E-state index in [9.17, 15) is 4.79 Å². The van der Waals surface area contributed by atoms with E-state index in [1.54, 1.807) is 43.3 Å². The van der Waals surface area contributed by atoms with Crippen LogP contribution in [0, 0.1) is 6.92 Å². The van der Waals surface area contributed by atoms with E-state index in [-0.39, 0.29) is 5.91 Å². The van der Waals surface area contributed by atoms with Gasteiger partial charge in [-0.2, -0.15) is 5.10 Å². The maximum Gasteiger partial charge on any atom is 0.254 e. The fourth-order valence-electron chi connectivity index (χ4n) is 1.72. The number of methoxy groups -OCH3 is 1. The van der Waals surface area contributed by atoms with Gasteiger partial charge in [0.05, 0.1) is 13.7 Å². The van der Waals surface area contributed by atoms with Gasteiger partial charge >= 0.3 is 0 Å². The number of H-pyrrole nitrogens is 1. The summed E-state index contributed by atoms with van der Waals surface area (Å²) in [6.45, 7) is 2.18. The summed E-state index contributed by atoms with van der Waals surface area (Å²) in [4.78, 5) is 18.0. The zero-order valence-electron chi connectivity index (χ0n) is 11.2. The molecule has 0 saturated carbocycles. The number of nitrogens with zero attached hydrogens (tertiary/aromatic N) is 3. The maximum atomic E-state index is 12.2. The van der Waals surface area contributed by atoms with E-state index in [1.165, 1.54) is 0 Å². The number of carbonyl (C=O) groups excluding carboxylic acids is 1. The number of rotatable bonds is 4. The van der Waals surface area contributed by atoms with Gasteiger partial charge in [0, 0.05) is 12.6 Å². The van der Waals surface area contributed by atoms with Gasteiger partial charge in [0.2, 0.25) is 0 Å². The van der Waals surface area contributed by atoms with Crippen LogP contribution >= 0.6 is 0 Å². The molecule has 0 spiro atoms. The van der Waals surface area contributed by atoms with Crippen molar-refractivity contribution in [1.29, 1.82) is 0 Å². The third-order valence-electron chi connectivity index (χ3n) is 2.69. The molecular weight excluding hydrogens is 244 g/mol. The molecule has 0 saturated heterocycles. The van der Waals surface area contributed by atoms with Gasteiger partial charge in [-0.3, -0.25) is 9.89 Å². The molecule has 2 rings (SSSR count). The Bertz CT molecular complexity index is 580. The highest BCUT2D eigenvalue weighted by Gasteiger charge is 2.14. The average molecular weight is 260 g/mol. The zero-order valence-corrected chi connectivity index (χ0v) is 11.2. The number of aryl methyl sites for hydroxylation is 1. The number of aromatic nitrogens is 3. The van der Waals surface area contributed by atoms with Gasteiger partial charge in [-0.25, -0.2) is 4.98 Å². The van der Waals surface area contributed by atoms with Crippen molar-refractivity contribution in [2.24, 2.45) is 0 Å². The van der Waals surface area contributed by atoms with Crippen molar-refractivity contribution in [3.63, 3.8) is 0 Å². The molecule has 1 amide bonds. The second kappa shape index (κ2) is 5.51. The van der Waals surface area contributed by atoms with Crippen molar-refractivity contribution < 1.29 is 9.53 Å². The SMILES string of the molecule is COc1cccc(C(=O)N(C)Cc2n[nH]c(C)n2)c1. The Morgan fingerprint density at radius 2 is 2.26 bits per heavy atom. The largest absolute Gasteiger partial charge is 0.497 e. The lowest BCUT2D eigenvalue weighted by Gasteiger charge is -2.15. The molecule has 6 nitrogen and oxygen atoms in total. The predicted molar refractivity (Wildman–Crippen MR) is 69.9 cm³/mol. The van der Waals surface area contributed by atoms with Crippen LogP contribution in [0.4, 0.5) is 0 Å². The van der Waals surface area contributed by atoms with E-state index in [0.717, 1.165) is 5.82 Å². The lowest BCUT2D eigenvalue weighted by atomic mass is 10.2. The predicted octanol–water partition coefficient (Wildman–Crippen LogP) is 1.39. The van der Waals surface area contributed by atoms with Crippen molar-refractivity contribution in [2.45, 2.75) is 13.5 Å². The minimum absolute atomic E-state index is 0.0960. The number of carbonyl (C=O) groups is 1. The third kappa shape index (κ3) is 3.09. The first-order chi connectivity index (χ1) is 9.10. The van der Waals surface area contributed by atoms with E-state index in [4.69, 9.17) is 4.74 Å². The Morgan fingerprint density at radius 1 is 1.47 bits per heavy atom. The highest BCUT2D eigenvalue weighted by atomic mass is 16.5. The van der Waals surface area contributed by atoms with Crippen molar-refractivity contribution >= 4 is 5.91 Å². The summed E-state index contributed by atoms with van der Waals surface area (Å²) in [5.74, 6) is 1.89. The van der Waals surface area contributed by atoms with Gasteiger partial charge in [0.15, 0.2) is 5.82 Å². The molecule has 0 bridgehead atoms. The average Bonchev–Trinajstić information content (AvgIpc) is 2.83. The molecular formula is C13H16N4O2. The van der Waals surface area contributed by atoms with Gasteiger partial charge in [0.25, 0.3) is 5.91 Å². The number of hydrogen-bond acceptors (Lipinski definition) is 4. The first-order valence-corrected chi connectivity index (χ1v) is 5.87. The second-order valence-electron chi connectivity index (χ2n) is 4.23. The lowest BCUT2D eigenvalue weighted by molar-refractivity contribution is 0.0781. The van der Waals surface area contributed by atoms with Crippen molar-refractivity contribution in [1.82, 2.24) is 20.1 Å². The third-order valence-corrected chi connectivity index (χ3v) is 2.69. The smallest absolute Gasteiger partial charge is 0.254 e. The van der Waals surface area contributed by atoms with Crippen molar-refractivity contribution in [3.8, 4) is 5.75 Å². The zero-order chi connectivity index (χ0) is 13.8. The van der Waals surface area contributed by atoms with Gasteiger partial charge in [-0.15, -0.1) is 0 Å². The summed E-state index contributed by atoms with van der Waals surface area (Å²) in [7, 11) is 3.29. The second-order valence-corrected chi connectivity index (χ2v) is 4.23. The summed E-state index contributed by atoms with van der Waals surface area (Å²) < 4.78 is 5.11. The molecule has 0 aliphatic heterocycles. The Hall–Kier alpha value is -2.37. The van der Waals surface area contributed by atoms with E-state index >= 15 is 0 Å². The topological polar surface area (TPSA) is 71.1 Å². The molecule has 0 aliphatic carbocycles. The molecule has 1 aromatic heterocycles. The Kier molecular flexibility index (Phi) is 3.79. The number of aromatic amines is 1. The maximum absolute atomic E-state index is 12.2. The molecule has 1 N–H and O–H groups in total. The van der Waals surface area contributed by atoms with E-state index in [1.807, 2.05) is 6.92 Å². The van der Waals surface area contributed by atoms with Crippen LogP contribution in [0.15, 0.2) is 24.3 Å². The first kappa shape index (κ1) is 13.1. The number of benzene rings is 1. The monoisotopic (exact) mass is 260 g/mol. The van der Waals surface area contributed by atoms with E-state index in [0.29, 0.717) is 23.7 Å². The Morgan fingerprint density at radius 3 is 2.89 bits per heavy atom. The van der Waals surface area contributed by atoms with Crippen LogP contribution in [0.1, 0.15) is 22.0 Å². The highest BCUT2D eigenvalue weighted by Crippen LogP contribution is 2.14. The molecule has 0 radical (unpaired) electrons. The van der Waals surface area contributed by atoms with Crippen LogP contribution in [0.3, 0.4) is 0 Å². The number of hydrogen-bond donors (Lipinski definition) is 1. The number of ether oxygens (including phenoxy) is 1. The minimum atomic E-state index is -0.0960. The van der Waals surface area contributed by atoms with Crippen LogP contribution in [0.25, 0.3) is 0 Å². The number of nitrogens with one attached hydrogen (secondary N) is 1. The Balaban J connectivity index is 2.09. The lowest BCUT2D eigenvalue weighted by Crippen LogP contribution is -2.26. The Labute approximate surface area is 111 Å². The first-order valence-electron chi connectivity index (χ1n) is 5.87. The van der Waals surface area contributed by atoms with Crippen LogP contribution in [0.5, 0.6) is 5.75 Å². The molecule has 19 heavy (non-hydrogen) atoms. The molecule has 100 valence electrons.